The zero-order valence-electron chi connectivity index (χ0n) is 8.78. The number of hydrogen-bond donors (Lipinski definition) is 0. The number of rotatable bonds is 3. The van der Waals surface area contributed by atoms with Crippen molar-refractivity contribution in [2.75, 3.05) is 11.9 Å². The summed E-state index contributed by atoms with van der Waals surface area (Å²) in [7, 11) is 2.00. The highest BCUT2D eigenvalue weighted by Crippen LogP contribution is 2.24. The second-order valence-electron chi connectivity index (χ2n) is 3.54. The third-order valence-electron chi connectivity index (χ3n) is 2.29. The molecule has 0 bridgehead atoms. The lowest BCUT2D eigenvalue weighted by Crippen LogP contribution is -2.15. The van der Waals surface area contributed by atoms with Crippen LogP contribution in [0.5, 0.6) is 0 Å². The van der Waals surface area contributed by atoms with Crippen LogP contribution in [0.25, 0.3) is 0 Å². The first-order valence-corrected chi connectivity index (χ1v) is 6.47. The van der Waals surface area contributed by atoms with E-state index < -0.39 is 0 Å². The standard InChI is InChI=1S/C12H11BrFNS/c1-15(8-11-6-7-12(13)16-11)10-4-2-9(14)3-5-10/h2-7H,8H2,1H3. The summed E-state index contributed by atoms with van der Waals surface area (Å²) in [5.74, 6) is -0.198. The molecule has 1 nitrogen and oxygen atoms in total. The van der Waals surface area contributed by atoms with E-state index in [-0.39, 0.29) is 5.82 Å². The van der Waals surface area contributed by atoms with E-state index in [9.17, 15) is 4.39 Å². The van der Waals surface area contributed by atoms with E-state index in [0.29, 0.717) is 0 Å². The second kappa shape index (κ2) is 4.97. The zero-order valence-corrected chi connectivity index (χ0v) is 11.2. The van der Waals surface area contributed by atoms with Crippen molar-refractivity contribution in [2.45, 2.75) is 6.54 Å². The lowest BCUT2D eigenvalue weighted by atomic mass is 10.3. The summed E-state index contributed by atoms with van der Waals surface area (Å²) in [4.78, 5) is 3.37. The summed E-state index contributed by atoms with van der Waals surface area (Å²) < 4.78 is 13.9. The molecule has 84 valence electrons. The Bertz CT molecular complexity index is 466. The molecule has 16 heavy (non-hydrogen) atoms. The molecule has 2 rings (SSSR count). The molecule has 0 fully saturated rings. The van der Waals surface area contributed by atoms with Gasteiger partial charge < -0.3 is 4.90 Å². The van der Waals surface area contributed by atoms with Crippen molar-refractivity contribution in [3.8, 4) is 0 Å². The van der Waals surface area contributed by atoms with E-state index in [1.54, 1.807) is 23.5 Å². The van der Waals surface area contributed by atoms with Gasteiger partial charge in [-0.1, -0.05) is 0 Å². The van der Waals surface area contributed by atoms with Crippen molar-refractivity contribution in [1.82, 2.24) is 0 Å². The Balaban J connectivity index is 2.08. The Morgan fingerprint density at radius 3 is 2.44 bits per heavy atom. The van der Waals surface area contributed by atoms with E-state index in [1.165, 1.54) is 17.0 Å². The molecular weight excluding hydrogens is 289 g/mol. The molecule has 0 N–H and O–H groups in total. The van der Waals surface area contributed by atoms with Gasteiger partial charge in [0.15, 0.2) is 0 Å². The first-order chi connectivity index (χ1) is 7.65. The molecule has 0 atom stereocenters. The first kappa shape index (κ1) is 11.6. The molecule has 0 spiro atoms. The van der Waals surface area contributed by atoms with Gasteiger partial charge in [0.1, 0.15) is 5.82 Å². The quantitative estimate of drug-likeness (QED) is 0.817. The van der Waals surface area contributed by atoms with Crippen LogP contribution in [0.4, 0.5) is 10.1 Å². The molecule has 1 heterocycles. The summed E-state index contributed by atoms with van der Waals surface area (Å²) in [6, 6.07) is 10.7. The van der Waals surface area contributed by atoms with Gasteiger partial charge in [-0.05, 0) is 52.3 Å². The molecule has 0 aliphatic heterocycles. The highest BCUT2D eigenvalue weighted by atomic mass is 79.9. The van der Waals surface area contributed by atoms with Gasteiger partial charge in [0, 0.05) is 17.6 Å². The molecule has 0 radical (unpaired) electrons. The summed E-state index contributed by atoms with van der Waals surface area (Å²) in [6.07, 6.45) is 0. The summed E-state index contributed by atoms with van der Waals surface area (Å²) in [5, 5.41) is 0. The van der Waals surface area contributed by atoms with Crippen LogP contribution in [0.3, 0.4) is 0 Å². The molecule has 4 heteroatoms. The van der Waals surface area contributed by atoms with Crippen LogP contribution in [-0.4, -0.2) is 7.05 Å². The van der Waals surface area contributed by atoms with Gasteiger partial charge in [0.2, 0.25) is 0 Å². The topological polar surface area (TPSA) is 3.24 Å². The van der Waals surface area contributed by atoms with Gasteiger partial charge in [0.05, 0.1) is 10.3 Å². The Kier molecular flexibility index (Phi) is 3.61. The van der Waals surface area contributed by atoms with E-state index in [1.807, 2.05) is 13.1 Å². The maximum Gasteiger partial charge on any atom is 0.123 e. The fraction of sp³-hybridized carbons (Fsp3) is 0.167. The van der Waals surface area contributed by atoms with Crippen molar-refractivity contribution in [3.63, 3.8) is 0 Å². The molecule has 0 saturated carbocycles. The Morgan fingerprint density at radius 2 is 1.88 bits per heavy atom. The Morgan fingerprint density at radius 1 is 1.19 bits per heavy atom. The fourth-order valence-corrected chi connectivity index (χ4v) is 2.99. The number of anilines is 1. The maximum atomic E-state index is 12.8. The van der Waals surface area contributed by atoms with Crippen molar-refractivity contribution >= 4 is 33.0 Å². The number of hydrogen-bond acceptors (Lipinski definition) is 2. The average Bonchev–Trinajstić information content (AvgIpc) is 2.65. The molecule has 1 aromatic heterocycles. The van der Waals surface area contributed by atoms with Crippen molar-refractivity contribution in [2.24, 2.45) is 0 Å². The van der Waals surface area contributed by atoms with Crippen LogP contribution >= 0.6 is 27.3 Å². The Hall–Kier alpha value is -0.870. The van der Waals surface area contributed by atoms with E-state index in [4.69, 9.17) is 0 Å². The molecule has 0 aliphatic carbocycles. The van der Waals surface area contributed by atoms with Gasteiger partial charge in [-0.25, -0.2) is 4.39 Å². The predicted molar refractivity (Wildman–Crippen MR) is 70.5 cm³/mol. The number of benzene rings is 1. The zero-order chi connectivity index (χ0) is 11.5. The molecule has 0 saturated heterocycles. The third-order valence-corrected chi connectivity index (χ3v) is 3.90. The molecule has 2 aromatic rings. The monoisotopic (exact) mass is 299 g/mol. The van der Waals surface area contributed by atoms with Gasteiger partial charge in [0.25, 0.3) is 0 Å². The highest BCUT2D eigenvalue weighted by molar-refractivity contribution is 9.11. The van der Waals surface area contributed by atoms with Crippen LogP contribution in [0.2, 0.25) is 0 Å². The summed E-state index contributed by atoms with van der Waals surface area (Å²) in [6.45, 7) is 0.835. The largest absolute Gasteiger partial charge is 0.369 e. The minimum atomic E-state index is -0.198. The van der Waals surface area contributed by atoms with E-state index >= 15 is 0 Å². The van der Waals surface area contributed by atoms with E-state index in [2.05, 4.69) is 26.9 Å². The van der Waals surface area contributed by atoms with Crippen molar-refractivity contribution < 1.29 is 4.39 Å². The maximum absolute atomic E-state index is 12.8. The molecule has 1 aromatic carbocycles. The highest BCUT2D eigenvalue weighted by Gasteiger charge is 2.04. The van der Waals surface area contributed by atoms with Gasteiger partial charge >= 0.3 is 0 Å². The lowest BCUT2D eigenvalue weighted by Gasteiger charge is -2.18. The smallest absolute Gasteiger partial charge is 0.123 e. The number of halogens is 2. The molecule has 0 unspecified atom stereocenters. The van der Waals surface area contributed by atoms with Gasteiger partial charge in [-0.3, -0.25) is 0 Å². The number of thiophene rings is 1. The van der Waals surface area contributed by atoms with Crippen molar-refractivity contribution in [1.29, 1.82) is 0 Å². The molecule has 0 aliphatic rings. The fourth-order valence-electron chi connectivity index (χ4n) is 1.46. The Labute approximate surface area is 107 Å². The van der Waals surface area contributed by atoms with Gasteiger partial charge in [-0.2, -0.15) is 0 Å². The minimum Gasteiger partial charge on any atom is -0.369 e. The third kappa shape index (κ3) is 2.83. The molecule has 0 amide bonds. The van der Waals surface area contributed by atoms with Crippen LogP contribution < -0.4 is 4.90 Å². The minimum absolute atomic E-state index is 0.198. The van der Waals surface area contributed by atoms with Crippen LogP contribution in [0, 0.1) is 5.82 Å². The number of nitrogens with zero attached hydrogens (tertiary/aromatic N) is 1. The van der Waals surface area contributed by atoms with E-state index in [0.717, 1.165) is 16.0 Å². The molecular formula is C12H11BrFNS. The predicted octanol–water partition coefficient (Wildman–Crippen LogP) is 4.29. The van der Waals surface area contributed by atoms with Crippen LogP contribution in [0.1, 0.15) is 4.88 Å². The summed E-state index contributed by atoms with van der Waals surface area (Å²) in [5.41, 5.74) is 1.02. The van der Waals surface area contributed by atoms with Gasteiger partial charge in [-0.15, -0.1) is 11.3 Å². The second-order valence-corrected chi connectivity index (χ2v) is 6.09. The van der Waals surface area contributed by atoms with Crippen LogP contribution in [-0.2, 0) is 6.54 Å². The van der Waals surface area contributed by atoms with Crippen molar-refractivity contribution in [3.05, 3.63) is 50.9 Å². The summed E-state index contributed by atoms with van der Waals surface area (Å²) >= 11 is 5.15. The van der Waals surface area contributed by atoms with Crippen LogP contribution in [0.15, 0.2) is 40.2 Å². The normalized spacial score (nSPS) is 10.4. The SMILES string of the molecule is CN(Cc1ccc(Br)s1)c1ccc(F)cc1. The lowest BCUT2D eigenvalue weighted by molar-refractivity contribution is 0.627. The average molecular weight is 300 g/mol. The first-order valence-electron chi connectivity index (χ1n) is 4.86.